The molecule has 0 unspecified atom stereocenters. The Bertz CT molecular complexity index is 277. The summed E-state index contributed by atoms with van der Waals surface area (Å²) < 4.78 is 5.08. The van der Waals surface area contributed by atoms with E-state index in [2.05, 4.69) is 9.97 Å². The summed E-state index contributed by atoms with van der Waals surface area (Å²) in [5.41, 5.74) is 0.845. The van der Waals surface area contributed by atoms with Gasteiger partial charge in [0, 0.05) is 0 Å². The van der Waals surface area contributed by atoms with Crippen LogP contribution >= 0.6 is 11.6 Å². The summed E-state index contributed by atoms with van der Waals surface area (Å²) in [4.78, 5) is 7.90. The molecular weight excluding hydrogens is 200 g/mol. The summed E-state index contributed by atoms with van der Waals surface area (Å²) >= 11 is 5.64. The molecule has 80 valence electrons. The average Bonchev–Trinajstić information content (AvgIpc) is 2.20. The second-order valence-electron chi connectivity index (χ2n) is 2.75. The Balaban J connectivity index is 0.000000791. The fourth-order valence-corrected chi connectivity index (χ4v) is 1.07. The van der Waals surface area contributed by atoms with Gasteiger partial charge in [-0.1, -0.05) is 27.7 Å². The molecule has 0 N–H and O–H groups in total. The summed E-state index contributed by atoms with van der Waals surface area (Å²) in [5.74, 6) is 0.981. The first-order valence-electron chi connectivity index (χ1n) is 4.71. The van der Waals surface area contributed by atoms with Crippen molar-refractivity contribution in [2.24, 2.45) is 0 Å². The minimum Gasteiger partial charge on any atom is -0.493 e. The fraction of sp³-hybridized carbons (Fsp3) is 0.600. The number of aromatic nitrogens is 2. The van der Waals surface area contributed by atoms with Crippen LogP contribution in [-0.2, 0) is 0 Å². The number of methoxy groups -OCH3 is 1. The zero-order chi connectivity index (χ0) is 11.1. The summed E-state index contributed by atoms with van der Waals surface area (Å²) in [6.07, 6.45) is 1.59. The van der Waals surface area contributed by atoms with Gasteiger partial charge in [0.15, 0.2) is 5.75 Å². The lowest BCUT2D eigenvalue weighted by Gasteiger charge is -2.09. The monoisotopic (exact) mass is 216 g/mol. The lowest BCUT2D eigenvalue weighted by atomic mass is 10.1. The third-order valence-corrected chi connectivity index (χ3v) is 1.70. The number of hydrogen-bond donors (Lipinski definition) is 0. The van der Waals surface area contributed by atoms with Gasteiger partial charge in [-0.05, 0) is 17.5 Å². The molecule has 0 fully saturated rings. The van der Waals surface area contributed by atoms with E-state index in [9.17, 15) is 0 Å². The molecule has 0 aliphatic heterocycles. The van der Waals surface area contributed by atoms with Crippen molar-refractivity contribution < 1.29 is 4.74 Å². The van der Waals surface area contributed by atoms with Crippen molar-refractivity contribution in [1.29, 1.82) is 0 Å². The third-order valence-electron chi connectivity index (χ3n) is 1.52. The first-order chi connectivity index (χ1) is 6.65. The maximum absolute atomic E-state index is 5.64. The molecule has 1 heterocycles. The molecule has 14 heavy (non-hydrogen) atoms. The van der Waals surface area contributed by atoms with Crippen molar-refractivity contribution in [1.82, 2.24) is 9.97 Å². The predicted molar refractivity (Wildman–Crippen MR) is 59.0 cm³/mol. The van der Waals surface area contributed by atoms with Crippen LogP contribution in [0.4, 0.5) is 0 Å². The van der Waals surface area contributed by atoms with Gasteiger partial charge < -0.3 is 4.74 Å². The van der Waals surface area contributed by atoms with E-state index in [1.807, 2.05) is 27.7 Å². The van der Waals surface area contributed by atoms with Crippen LogP contribution in [0.15, 0.2) is 6.20 Å². The van der Waals surface area contributed by atoms with Gasteiger partial charge in [-0.15, -0.1) is 0 Å². The van der Waals surface area contributed by atoms with Crippen LogP contribution in [0.5, 0.6) is 5.75 Å². The van der Waals surface area contributed by atoms with Gasteiger partial charge in [0.25, 0.3) is 0 Å². The molecule has 0 aromatic carbocycles. The summed E-state index contributed by atoms with van der Waals surface area (Å²) in [6.45, 7) is 8.06. The van der Waals surface area contributed by atoms with Crippen molar-refractivity contribution in [3.05, 3.63) is 17.2 Å². The van der Waals surface area contributed by atoms with Gasteiger partial charge in [0.2, 0.25) is 5.28 Å². The molecule has 0 bridgehead atoms. The highest BCUT2D eigenvalue weighted by Crippen LogP contribution is 2.23. The first kappa shape index (κ1) is 13.2. The molecule has 0 saturated heterocycles. The Morgan fingerprint density at radius 3 is 2.36 bits per heavy atom. The van der Waals surface area contributed by atoms with Crippen molar-refractivity contribution in [2.75, 3.05) is 7.11 Å². The molecule has 3 nitrogen and oxygen atoms in total. The number of hydrogen-bond acceptors (Lipinski definition) is 3. The average molecular weight is 217 g/mol. The summed E-state index contributed by atoms with van der Waals surface area (Å²) in [6, 6.07) is 0. The fourth-order valence-electron chi connectivity index (χ4n) is 0.932. The molecule has 0 radical (unpaired) electrons. The van der Waals surface area contributed by atoms with Gasteiger partial charge in [-0.2, -0.15) is 0 Å². The molecule has 1 aromatic heterocycles. The largest absolute Gasteiger partial charge is 0.493 e. The highest BCUT2D eigenvalue weighted by atomic mass is 35.5. The van der Waals surface area contributed by atoms with Crippen molar-refractivity contribution in [3.63, 3.8) is 0 Å². The number of halogens is 1. The van der Waals surface area contributed by atoms with E-state index in [4.69, 9.17) is 16.3 Å². The maximum atomic E-state index is 5.64. The summed E-state index contributed by atoms with van der Waals surface area (Å²) in [7, 11) is 1.60. The Kier molecular flexibility index (Phi) is 6.21. The van der Waals surface area contributed by atoms with E-state index < -0.39 is 0 Å². The maximum Gasteiger partial charge on any atom is 0.222 e. The van der Waals surface area contributed by atoms with Gasteiger partial charge in [0.1, 0.15) is 0 Å². The van der Waals surface area contributed by atoms with E-state index in [-0.39, 0.29) is 5.28 Å². The van der Waals surface area contributed by atoms with Gasteiger partial charge in [-0.3, -0.25) is 0 Å². The smallest absolute Gasteiger partial charge is 0.222 e. The second-order valence-corrected chi connectivity index (χ2v) is 3.09. The van der Waals surface area contributed by atoms with Crippen LogP contribution in [0.25, 0.3) is 0 Å². The van der Waals surface area contributed by atoms with Crippen LogP contribution < -0.4 is 4.74 Å². The third kappa shape index (κ3) is 3.50. The Morgan fingerprint density at radius 1 is 1.36 bits per heavy atom. The molecule has 1 rings (SSSR count). The van der Waals surface area contributed by atoms with E-state index in [1.54, 1.807) is 13.3 Å². The Labute approximate surface area is 90.5 Å². The number of ether oxygens (including phenoxy) is 1. The van der Waals surface area contributed by atoms with Crippen molar-refractivity contribution in [3.8, 4) is 5.75 Å². The van der Waals surface area contributed by atoms with E-state index in [1.165, 1.54) is 0 Å². The van der Waals surface area contributed by atoms with Gasteiger partial charge in [-0.25, -0.2) is 9.97 Å². The molecule has 0 saturated carbocycles. The van der Waals surface area contributed by atoms with Crippen LogP contribution in [0.2, 0.25) is 5.28 Å². The van der Waals surface area contributed by atoms with E-state index >= 15 is 0 Å². The van der Waals surface area contributed by atoms with E-state index in [0.717, 1.165) is 5.69 Å². The normalized spacial score (nSPS) is 9.36. The molecule has 4 heteroatoms. The minimum atomic E-state index is 0.263. The molecular formula is C10H17ClN2O. The van der Waals surface area contributed by atoms with Gasteiger partial charge in [0.05, 0.1) is 19.0 Å². The standard InChI is InChI=1S/C8H11ClN2O.C2H6/c1-5(2)7-6(12-3)4-10-8(9)11-7;1-2/h4-5H,1-3H3;1-2H3. The molecule has 0 atom stereocenters. The number of rotatable bonds is 2. The van der Waals surface area contributed by atoms with E-state index in [0.29, 0.717) is 11.7 Å². The molecule has 1 aromatic rings. The lowest BCUT2D eigenvalue weighted by molar-refractivity contribution is 0.402. The Morgan fingerprint density at radius 2 is 1.93 bits per heavy atom. The highest BCUT2D eigenvalue weighted by Gasteiger charge is 2.09. The van der Waals surface area contributed by atoms with Crippen LogP contribution in [0, 0.1) is 0 Å². The molecule has 0 amide bonds. The topological polar surface area (TPSA) is 35.0 Å². The SMILES string of the molecule is CC.COc1cnc(Cl)nc1C(C)C. The second kappa shape index (κ2) is 6.60. The quantitative estimate of drug-likeness (QED) is 0.712. The lowest BCUT2D eigenvalue weighted by Crippen LogP contribution is -1.99. The molecule has 0 spiro atoms. The minimum absolute atomic E-state index is 0.263. The molecule has 0 aliphatic carbocycles. The van der Waals surface area contributed by atoms with Crippen molar-refractivity contribution >= 4 is 11.6 Å². The molecule has 0 aliphatic rings. The van der Waals surface area contributed by atoms with Crippen molar-refractivity contribution in [2.45, 2.75) is 33.6 Å². The number of nitrogens with zero attached hydrogens (tertiary/aromatic N) is 2. The zero-order valence-electron chi connectivity index (χ0n) is 9.34. The van der Waals surface area contributed by atoms with Gasteiger partial charge >= 0.3 is 0 Å². The first-order valence-corrected chi connectivity index (χ1v) is 5.09. The highest BCUT2D eigenvalue weighted by molar-refractivity contribution is 6.28. The van der Waals surface area contributed by atoms with Crippen LogP contribution in [0.3, 0.4) is 0 Å². The zero-order valence-corrected chi connectivity index (χ0v) is 10.1. The summed E-state index contributed by atoms with van der Waals surface area (Å²) in [5, 5.41) is 0.263. The predicted octanol–water partition coefficient (Wildman–Crippen LogP) is 3.29. The Hall–Kier alpha value is -0.830. The van der Waals surface area contributed by atoms with Crippen LogP contribution in [0.1, 0.15) is 39.3 Å². The van der Waals surface area contributed by atoms with Crippen LogP contribution in [-0.4, -0.2) is 17.1 Å².